The summed E-state index contributed by atoms with van der Waals surface area (Å²) in [5, 5.41) is 11.7. The van der Waals surface area contributed by atoms with Crippen LogP contribution < -0.4 is 19.1 Å². The van der Waals surface area contributed by atoms with Gasteiger partial charge in [0.1, 0.15) is 18.0 Å². The van der Waals surface area contributed by atoms with Gasteiger partial charge < -0.3 is 14.8 Å². The van der Waals surface area contributed by atoms with E-state index in [4.69, 9.17) is 14.7 Å². The second-order valence-electron chi connectivity index (χ2n) is 6.60. The van der Waals surface area contributed by atoms with Gasteiger partial charge in [0.25, 0.3) is 10.0 Å². The first-order chi connectivity index (χ1) is 15.4. The Morgan fingerprint density at radius 1 is 1.00 bits per heavy atom. The van der Waals surface area contributed by atoms with E-state index in [2.05, 4.69) is 5.32 Å². The van der Waals surface area contributed by atoms with E-state index in [9.17, 15) is 13.2 Å². The van der Waals surface area contributed by atoms with Crippen LogP contribution in [0.4, 0.5) is 11.4 Å². The number of ether oxygens (including phenoxy) is 2. The quantitative estimate of drug-likeness (QED) is 0.562. The maximum atomic E-state index is 13.3. The minimum absolute atomic E-state index is 0.0322. The van der Waals surface area contributed by atoms with Crippen LogP contribution in [0, 0.1) is 11.3 Å². The second kappa shape index (κ2) is 9.85. The Balaban J connectivity index is 1.92. The van der Waals surface area contributed by atoms with Gasteiger partial charge in [-0.3, -0.25) is 9.10 Å². The number of hydrogen-bond acceptors (Lipinski definition) is 6. The Morgan fingerprint density at radius 3 is 2.28 bits per heavy atom. The van der Waals surface area contributed by atoms with Crippen molar-refractivity contribution in [1.82, 2.24) is 0 Å². The number of rotatable bonds is 8. The normalized spacial score (nSPS) is 10.7. The Hall–Kier alpha value is -4.03. The summed E-state index contributed by atoms with van der Waals surface area (Å²) in [5.41, 5.74) is 1.04. The van der Waals surface area contributed by atoms with Crippen molar-refractivity contribution in [2.24, 2.45) is 0 Å². The summed E-state index contributed by atoms with van der Waals surface area (Å²) in [6, 6.07) is 20.6. The molecule has 0 aromatic heterocycles. The minimum Gasteiger partial charge on any atom is -0.497 e. The standard InChI is InChI=1S/C23H21N3O5S/c1-30-19-10-13-21(22(14-19)31-2)25-23(27)16-26(18-6-4-3-5-7-18)32(28,29)20-11-8-17(15-24)9-12-20/h3-14H,16H2,1-2H3,(H,25,27). The van der Waals surface area contributed by atoms with Gasteiger partial charge in [-0.15, -0.1) is 0 Å². The lowest BCUT2D eigenvalue weighted by atomic mass is 10.2. The Kier molecular flexibility index (Phi) is 6.97. The number of anilines is 2. The van der Waals surface area contributed by atoms with Crippen LogP contribution in [-0.2, 0) is 14.8 Å². The number of nitriles is 1. The van der Waals surface area contributed by atoms with Crippen LogP contribution in [0.2, 0.25) is 0 Å². The number of methoxy groups -OCH3 is 2. The molecule has 1 N–H and O–H groups in total. The molecule has 0 fully saturated rings. The lowest BCUT2D eigenvalue weighted by Crippen LogP contribution is -2.38. The van der Waals surface area contributed by atoms with Crippen molar-refractivity contribution < 1.29 is 22.7 Å². The fraction of sp³-hybridized carbons (Fsp3) is 0.130. The number of benzene rings is 3. The van der Waals surface area contributed by atoms with Crippen LogP contribution in [0.1, 0.15) is 5.56 Å². The number of carbonyl (C=O) groups is 1. The number of hydrogen-bond donors (Lipinski definition) is 1. The second-order valence-corrected chi connectivity index (χ2v) is 8.46. The first-order valence-electron chi connectivity index (χ1n) is 9.49. The SMILES string of the molecule is COc1ccc(NC(=O)CN(c2ccccc2)S(=O)(=O)c2ccc(C#N)cc2)c(OC)c1. The molecule has 0 aliphatic heterocycles. The highest BCUT2D eigenvalue weighted by atomic mass is 32.2. The van der Waals surface area contributed by atoms with Crippen LogP contribution in [0.25, 0.3) is 0 Å². The topological polar surface area (TPSA) is 109 Å². The molecule has 0 saturated carbocycles. The van der Waals surface area contributed by atoms with E-state index in [1.54, 1.807) is 48.5 Å². The summed E-state index contributed by atoms with van der Waals surface area (Å²) in [5.74, 6) is 0.364. The van der Waals surface area contributed by atoms with Gasteiger partial charge in [0.15, 0.2) is 0 Å². The average molecular weight is 452 g/mol. The van der Waals surface area contributed by atoms with Gasteiger partial charge in [-0.1, -0.05) is 18.2 Å². The van der Waals surface area contributed by atoms with Crippen molar-refractivity contribution in [3.8, 4) is 17.6 Å². The summed E-state index contributed by atoms with van der Waals surface area (Å²) in [7, 11) is -1.11. The van der Waals surface area contributed by atoms with E-state index in [1.807, 2.05) is 6.07 Å². The Morgan fingerprint density at radius 2 is 1.69 bits per heavy atom. The molecule has 0 aliphatic rings. The molecular weight excluding hydrogens is 430 g/mol. The molecule has 0 saturated heterocycles. The first-order valence-corrected chi connectivity index (χ1v) is 10.9. The number of nitrogens with one attached hydrogen (secondary N) is 1. The molecule has 3 aromatic carbocycles. The van der Waals surface area contributed by atoms with Crippen molar-refractivity contribution in [1.29, 1.82) is 5.26 Å². The van der Waals surface area contributed by atoms with Crippen LogP contribution in [0.5, 0.6) is 11.5 Å². The average Bonchev–Trinajstić information content (AvgIpc) is 2.83. The molecular formula is C23H21N3O5S. The molecule has 0 aliphatic carbocycles. The van der Waals surface area contributed by atoms with Crippen molar-refractivity contribution in [3.63, 3.8) is 0 Å². The third-order valence-corrected chi connectivity index (χ3v) is 6.37. The highest BCUT2D eigenvalue weighted by Gasteiger charge is 2.27. The molecule has 3 rings (SSSR count). The summed E-state index contributed by atoms with van der Waals surface area (Å²) in [6.07, 6.45) is 0. The molecule has 1 amide bonds. The third kappa shape index (κ3) is 4.99. The summed E-state index contributed by atoms with van der Waals surface area (Å²) in [6.45, 7) is -0.471. The van der Waals surface area contributed by atoms with Gasteiger partial charge >= 0.3 is 0 Å². The molecule has 0 spiro atoms. The van der Waals surface area contributed by atoms with E-state index in [0.29, 0.717) is 28.4 Å². The first kappa shape index (κ1) is 22.7. The lowest BCUT2D eigenvalue weighted by molar-refractivity contribution is -0.114. The number of amides is 1. The Bertz CT molecular complexity index is 1240. The molecule has 32 heavy (non-hydrogen) atoms. The zero-order valence-corrected chi connectivity index (χ0v) is 18.3. The predicted octanol–water partition coefficient (Wildman–Crippen LogP) is 3.41. The molecule has 0 atom stereocenters. The van der Waals surface area contributed by atoms with Crippen molar-refractivity contribution in [3.05, 3.63) is 78.4 Å². The van der Waals surface area contributed by atoms with Crippen LogP contribution in [-0.4, -0.2) is 35.1 Å². The lowest BCUT2D eigenvalue weighted by Gasteiger charge is -2.24. The highest BCUT2D eigenvalue weighted by Crippen LogP contribution is 2.29. The third-order valence-electron chi connectivity index (χ3n) is 4.59. The van der Waals surface area contributed by atoms with Gasteiger partial charge in [0.05, 0.1) is 42.1 Å². The van der Waals surface area contributed by atoms with Crippen molar-refractivity contribution in [2.75, 3.05) is 30.4 Å². The molecule has 3 aromatic rings. The minimum atomic E-state index is -4.08. The summed E-state index contributed by atoms with van der Waals surface area (Å²) < 4.78 is 38.1. The van der Waals surface area contributed by atoms with Gasteiger partial charge in [0, 0.05) is 6.07 Å². The van der Waals surface area contributed by atoms with Gasteiger partial charge in [0.2, 0.25) is 5.91 Å². The Labute approximate surface area is 186 Å². The molecule has 0 unspecified atom stereocenters. The van der Waals surface area contributed by atoms with E-state index in [0.717, 1.165) is 4.31 Å². The van der Waals surface area contributed by atoms with Crippen molar-refractivity contribution in [2.45, 2.75) is 4.90 Å². The van der Waals surface area contributed by atoms with Gasteiger partial charge in [-0.05, 0) is 48.5 Å². The molecule has 164 valence electrons. The van der Waals surface area contributed by atoms with E-state index >= 15 is 0 Å². The fourth-order valence-electron chi connectivity index (χ4n) is 2.96. The largest absolute Gasteiger partial charge is 0.497 e. The summed E-state index contributed by atoms with van der Waals surface area (Å²) in [4.78, 5) is 12.8. The molecule has 9 heteroatoms. The molecule has 0 bridgehead atoms. The smallest absolute Gasteiger partial charge is 0.264 e. The van der Waals surface area contributed by atoms with Crippen LogP contribution in [0.15, 0.2) is 77.7 Å². The maximum absolute atomic E-state index is 13.3. The molecule has 0 radical (unpaired) electrons. The molecule has 0 heterocycles. The van der Waals surface area contributed by atoms with E-state index < -0.39 is 22.5 Å². The van der Waals surface area contributed by atoms with Gasteiger partial charge in [-0.25, -0.2) is 8.42 Å². The van der Waals surface area contributed by atoms with E-state index in [-0.39, 0.29) is 4.90 Å². The zero-order valence-electron chi connectivity index (χ0n) is 17.5. The fourth-order valence-corrected chi connectivity index (χ4v) is 4.38. The number of nitrogens with zero attached hydrogens (tertiary/aromatic N) is 2. The maximum Gasteiger partial charge on any atom is 0.264 e. The van der Waals surface area contributed by atoms with Gasteiger partial charge in [-0.2, -0.15) is 5.26 Å². The predicted molar refractivity (Wildman–Crippen MR) is 120 cm³/mol. The van der Waals surface area contributed by atoms with Crippen LogP contribution in [0.3, 0.4) is 0 Å². The van der Waals surface area contributed by atoms with E-state index in [1.165, 1.54) is 38.5 Å². The highest BCUT2D eigenvalue weighted by molar-refractivity contribution is 7.92. The number of carbonyl (C=O) groups excluding carboxylic acids is 1. The summed E-state index contributed by atoms with van der Waals surface area (Å²) >= 11 is 0. The monoisotopic (exact) mass is 451 g/mol. The number of sulfonamides is 1. The number of para-hydroxylation sites is 1. The molecule has 8 nitrogen and oxygen atoms in total. The van der Waals surface area contributed by atoms with Crippen molar-refractivity contribution >= 4 is 27.3 Å². The zero-order chi connectivity index (χ0) is 23.1. The van der Waals surface area contributed by atoms with Crippen LogP contribution >= 0.6 is 0 Å².